The first-order valence-corrected chi connectivity index (χ1v) is 6.74. The van der Waals surface area contributed by atoms with Crippen LogP contribution in [-0.4, -0.2) is 24.0 Å². The predicted molar refractivity (Wildman–Crippen MR) is 68.7 cm³/mol. The van der Waals surface area contributed by atoms with E-state index in [1.54, 1.807) is 11.0 Å². The van der Waals surface area contributed by atoms with E-state index in [-0.39, 0.29) is 12.5 Å². The number of carbonyl (C=O) groups excluding carboxylic acids is 1. The molecule has 3 rings (SSSR count). The van der Waals surface area contributed by atoms with Gasteiger partial charge in [-0.25, -0.2) is 8.78 Å². The van der Waals surface area contributed by atoms with Crippen molar-refractivity contribution in [2.75, 3.05) is 13.2 Å². The quantitative estimate of drug-likeness (QED) is 0.790. The highest BCUT2D eigenvalue weighted by Crippen LogP contribution is 2.25. The molecule has 20 heavy (non-hydrogen) atoms. The molecule has 0 aromatic heterocycles. The van der Waals surface area contributed by atoms with Gasteiger partial charge in [-0.3, -0.25) is 4.79 Å². The molecule has 0 unspecified atom stereocenters. The van der Waals surface area contributed by atoms with Crippen molar-refractivity contribution in [1.82, 2.24) is 4.90 Å². The third-order valence-electron chi connectivity index (χ3n) is 3.68. The van der Waals surface area contributed by atoms with E-state index in [1.165, 1.54) is 6.07 Å². The Balaban J connectivity index is 1.81. The Bertz CT molecular complexity index is 583. The van der Waals surface area contributed by atoms with Gasteiger partial charge in [-0.1, -0.05) is 0 Å². The number of fused-ring (bicyclic) bond motifs is 1. The van der Waals surface area contributed by atoms with Crippen molar-refractivity contribution in [3.63, 3.8) is 0 Å². The van der Waals surface area contributed by atoms with Gasteiger partial charge in [0.25, 0.3) is 5.91 Å². The minimum atomic E-state index is -0.608. The molecule has 0 saturated heterocycles. The van der Waals surface area contributed by atoms with Crippen LogP contribution in [0.3, 0.4) is 0 Å². The second kappa shape index (κ2) is 5.23. The summed E-state index contributed by atoms with van der Waals surface area (Å²) in [5, 5.41) is 0. The molecule has 3 nitrogen and oxygen atoms in total. The van der Waals surface area contributed by atoms with Crippen LogP contribution in [0.1, 0.15) is 24.0 Å². The number of allylic oxidation sites excluding steroid dienone is 1. The average molecular weight is 279 g/mol. The Morgan fingerprint density at radius 1 is 1.30 bits per heavy atom. The minimum Gasteiger partial charge on any atom is -0.488 e. The van der Waals surface area contributed by atoms with Crippen LogP contribution >= 0.6 is 0 Å². The standard InChI is InChI=1S/C15H15F2NO2/c16-11-7-10-9-18(5-4-12(10)13(17)8-11)15(19)14-3-1-2-6-20-14/h3,7-8H,1-2,4-6,9H2. The first kappa shape index (κ1) is 13.1. The Labute approximate surface area is 115 Å². The van der Waals surface area contributed by atoms with Gasteiger partial charge >= 0.3 is 0 Å². The van der Waals surface area contributed by atoms with Gasteiger partial charge in [0.1, 0.15) is 11.6 Å². The Kier molecular flexibility index (Phi) is 3.42. The number of benzene rings is 1. The van der Waals surface area contributed by atoms with E-state index in [0.29, 0.717) is 36.5 Å². The van der Waals surface area contributed by atoms with Gasteiger partial charge in [0.15, 0.2) is 5.76 Å². The van der Waals surface area contributed by atoms with Gasteiger partial charge in [-0.15, -0.1) is 0 Å². The fourth-order valence-corrected chi connectivity index (χ4v) is 2.65. The highest BCUT2D eigenvalue weighted by atomic mass is 19.1. The summed E-state index contributed by atoms with van der Waals surface area (Å²) in [6.07, 6.45) is 3.93. The second-order valence-electron chi connectivity index (χ2n) is 5.06. The van der Waals surface area contributed by atoms with E-state index in [1.807, 2.05) is 0 Å². The van der Waals surface area contributed by atoms with Crippen LogP contribution in [0, 0.1) is 11.6 Å². The number of hydrogen-bond donors (Lipinski definition) is 0. The number of hydrogen-bond acceptors (Lipinski definition) is 2. The molecule has 0 N–H and O–H groups in total. The molecule has 2 aliphatic heterocycles. The van der Waals surface area contributed by atoms with Crippen LogP contribution in [0.2, 0.25) is 0 Å². The molecule has 106 valence electrons. The number of nitrogens with zero attached hydrogens (tertiary/aromatic N) is 1. The summed E-state index contributed by atoms with van der Waals surface area (Å²) >= 11 is 0. The van der Waals surface area contributed by atoms with Crippen molar-refractivity contribution in [2.24, 2.45) is 0 Å². The lowest BCUT2D eigenvalue weighted by atomic mass is 9.98. The molecule has 0 bridgehead atoms. The maximum absolute atomic E-state index is 13.6. The highest BCUT2D eigenvalue weighted by Gasteiger charge is 2.26. The van der Waals surface area contributed by atoms with Crippen molar-refractivity contribution >= 4 is 5.91 Å². The van der Waals surface area contributed by atoms with Crippen molar-refractivity contribution in [2.45, 2.75) is 25.8 Å². The van der Waals surface area contributed by atoms with E-state index >= 15 is 0 Å². The van der Waals surface area contributed by atoms with Gasteiger partial charge in [0, 0.05) is 19.2 Å². The van der Waals surface area contributed by atoms with E-state index < -0.39 is 11.6 Å². The summed E-state index contributed by atoms with van der Waals surface area (Å²) in [4.78, 5) is 13.9. The lowest BCUT2D eigenvalue weighted by Crippen LogP contribution is -2.38. The van der Waals surface area contributed by atoms with E-state index in [4.69, 9.17) is 4.74 Å². The van der Waals surface area contributed by atoms with Gasteiger partial charge < -0.3 is 9.64 Å². The number of carbonyl (C=O) groups is 1. The fourth-order valence-electron chi connectivity index (χ4n) is 2.65. The molecule has 1 amide bonds. The number of rotatable bonds is 1. The number of amides is 1. The van der Waals surface area contributed by atoms with Crippen molar-refractivity contribution < 1.29 is 18.3 Å². The molecule has 0 fully saturated rings. The maximum Gasteiger partial charge on any atom is 0.288 e. The molecule has 0 aliphatic carbocycles. The summed E-state index contributed by atoms with van der Waals surface area (Å²) < 4.78 is 32.2. The second-order valence-corrected chi connectivity index (χ2v) is 5.06. The topological polar surface area (TPSA) is 29.5 Å². The summed E-state index contributed by atoms with van der Waals surface area (Å²) in [6.45, 7) is 1.20. The van der Waals surface area contributed by atoms with Gasteiger partial charge in [0.2, 0.25) is 0 Å². The largest absolute Gasteiger partial charge is 0.488 e. The molecule has 2 aliphatic rings. The monoisotopic (exact) mass is 279 g/mol. The zero-order valence-corrected chi connectivity index (χ0v) is 11.0. The van der Waals surface area contributed by atoms with Crippen LogP contribution in [0.4, 0.5) is 8.78 Å². The molecule has 2 heterocycles. The molecule has 0 spiro atoms. The van der Waals surface area contributed by atoms with Gasteiger partial charge in [0.05, 0.1) is 6.61 Å². The van der Waals surface area contributed by atoms with Gasteiger partial charge in [-0.2, -0.15) is 0 Å². The third-order valence-corrected chi connectivity index (χ3v) is 3.68. The Morgan fingerprint density at radius 3 is 2.90 bits per heavy atom. The SMILES string of the molecule is O=C(C1=CCCCO1)N1CCc2c(F)cc(F)cc2C1. The number of ether oxygens (including phenoxy) is 1. The molecular formula is C15H15F2NO2. The van der Waals surface area contributed by atoms with E-state index in [9.17, 15) is 13.6 Å². The minimum absolute atomic E-state index is 0.194. The van der Waals surface area contributed by atoms with Crippen LogP contribution in [-0.2, 0) is 22.5 Å². The first-order valence-electron chi connectivity index (χ1n) is 6.74. The lowest BCUT2D eigenvalue weighted by molar-refractivity contribution is -0.132. The molecule has 1 aromatic carbocycles. The zero-order valence-electron chi connectivity index (χ0n) is 11.0. The third kappa shape index (κ3) is 2.40. The Hall–Kier alpha value is -1.91. The summed E-state index contributed by atoms with van der Waals surface area (Å²) in [6, 6.07) is 2.19. The molecular weight excluding hydrogens is 264 g/mol. The predicted octanol–water partition coefficient (Wildman–Crippen LogP) is 2.54. The van der Waals surface area contributed by atoms with E-state index in [2.05, 4.69) is 0 Å². The van der Waals surface area contributed by atoms with Crippen LogP contribution < -0.4 is 0 Å². The molecule has 0 atom stereocenters. The molecule has 0 radical (unpaired) electrons. The van der Waals surface area contributed by atoms with Gasteiger partial charge in [-0.05, 0) is 42.5 Å². The summed E-state index contributed by atoms with van der Waals surface area (Å²) in [5.74, 6) is -0.972. The molecule has 0 saturated carbocycles. The van der Waals surface area contributed by atoms with E-state index in [0.717, 1.165) is 18.9 Å². The van der Waals surface area contributed by atoms with Crippen molar-refractivity contribution in [3.8, 4) is 0 Å². The van der Waals surface area contributed by atoms with Crippen molar-refractivity contribution in [3.05, 3.63) is 46.7 Å². The first-order chi connectivity index (χ1) is 9.65. The lowest BCUT2D eigenvalue weighted by Gasteiger charge is -2.30. The smallest absolute Gasteiger partial charge is 0.288 e. The molecule has 1 aromatic rings. The van der Waals surface area contributed by atoms with Crippen LogP contribution in [0.15, 0.2) is 24.0 Å². The maximum atomic E-state index is 13.6. The average Bonchev–Trinajstić information content (AvgIpc) is 2.46. The summed E-state index contributed by atoms with van der Waals surface area (Å²) in [5.41, 5.74) is 1.05. The van der Waals surface area contributed by atoms with Crippen molar-refractivity contribution in [1.29, 1.82) is 0 Å². The number of halogens is 2. The normalized spacial score (nSPS) is 18.1. The highest BCUT2D eigenvalue weighted by molar-refractivity contribution is 5.91. The van der Waals surface area contributed by atoms with Crippen LogP contribution in [0.5, 0.6) is 0 Å². The fraction of sp³-hybridized carbons (Fsp3) is 0.400. The summed E-state index contributed by atoms with van der Waals surface area (Å²) in [7, 11) is 0. The Morgan fingerprint density at radius 2 is 2.15 bits per heavy atom. The van der Waals surface area contributed by atoms with Crippen LogP contribution in [0.25, 0.3) is 0 Å². The molecule has 5 heteroatoms. The zero-order chi connectivity index (χ0) is 14.1.